The van der Waals surface area contributed by atoms with Gasteiger partial charge in [-0.15, -0.1) is 0 Å². The number of benzene rings is 1. The Bertz CT molecular complexity index is 661. The van der Waals surface area contributed by atoms with Crippen LogP contribution in [0.15, 0.2) is 43.5 Å². The van der Waals surface area contributed by atoms with E-state index in [0.717, 1.165) is 31.2 Å². The second kappa shape index (κ2) is 15.2. The largest absolute Gasteiger partial charge is 0.493 e. The summed E-state index contributed by atoms with van der Waals surface area (Å²) in [5.74, 6) is 1.03. The highest BCUT2D eigenvalue weighted by atomic mass is 16.5. The van der Waals surface area contributed by atoms with Crippen molar-refractivity contribution in [3.8, 4) is 11.5 Å². The van der Waals surface area contributed by atoms with E-state index in [2.05, 4.69) is 23.8 Å². The Morgan fingerprint density at radius 2 is 1.55 bits per heavy atom. The highest BCUT2D eigenvalue weighted by Gasteiger charge is 2.06. The van der Waals surface area contributed by atoms with Gasteiger partial charge in [0.15, 0.2) is 11.5 Å². The Morgan fingerprint density at radius 3 is 2.14 bits per heavy atom. The van der Waals surface area contributed by atoms with Crippen LogP contribution >= 0.6 is 0 Å². The number of carbonyl (C=O) groups is 2. The van der Waals surface area contributed by atoms with E-state index in [1.165, 1.54) is 12.2 Å². The number of ether oxygens (including phenoxy) is 3. The Morgan fingerprint density at radius 1 is 0.931 bits per heavy atom. The van der Waals surface area contributed by atoms with E-state index < -0.39 is 0 Å². The highest BCUT2D eigenvalue weighted by molar-refractivity contribution is 5.87. The van der Waals surface area contributed by atoms with Crippen molar-refractivity contribution in [3.63, 3.8) is 0 Å². The number of unbranched alkanes of at least 4 members (excludes halogenated alkanes) is 2. The van der Waals surface area contributed by atoms with Gasteiger partial charge in [0.25, 0.3) is 0 Å². The van der Waals surface area contributed by atoms with Crippen molar-refractivity contribution < 1.29 is 23.8 Å². The van der Waals surface area contributed by atoms with Crippen LogP contribution in [0.25, 0.3) is 0 Å². The molecule has 29 heavy (non-hydrogen) atoms. The van der Waals surface area contributed by atoms with Gasteiger partial charge in [0, 0.05) is 19.7 Å². The lowest BCUT2D eigenvalue weighted by Gasteiger charge is -2.12. The van der Waals surface area contributed by atoms with Gasteiger partial charge in [0.2, 0.25) is 11.8 Å². The fourth-order valence-electron chi connectivity index (χ4n) is 2.42. The SMILES string of the molecule is C=CC(=O)NCCCCOCc1ccc(OCCCCNC(=O)C=C)c(OC)c1. The molecule has 160 valence electrons. The number of rotatable bonds is 16. The van der Waals surface area contributed by atoms with Gasteiger partial charge in [-0.2, -0.15) is 0 Å². The second-order valence-corrected chi connectivity index (χ2v) is 6.29. The van der Waals surface area contributed by atoms with Crippen LogP contribution in [0.4, 0.5) is 0 Å². The molecule has 1 aromatic carbocycles. The molecular weight excluding hydrogens is 372 g/mol. The summed E-state index contributed by atoms with van der Waals surface area (Å²) in [5.41, 5.74) is 1.00. The zero-order chi connectivity index (χ0) is 21.3. The smallest absolute Gasteiger partial charge is 0.243 e. The number of nitrogens with one attached hydrogen (secondary N) is 2. The molecule has 0 aliphatic heterocycles. The summed E-state index contributed by atoms with van der Waals surface area (Å²) in [5, 5.41) is 5.46. The molecule has 0 radical (unpaired) electrons. The maximum Gasteiger partial charge on any atom is 0.243 e. The number of carbonyl (C=O) groups excluding carboxylic acids is 2. The molecule has 0 heterocycles. The molecule has 7 heteroatoms. The molecule has 0 saturated heterocycles. The average Bonchev–Trinajstić information content (AvgIpc) is 2.75. The Balaban J connectivity index is 2.25. The quantitative estimate of drug-likeness (QED) is 0.327. The molecule has 0 fully saturated rings. The third kappa shape index (κ3) is 10.9. The van der Waals surface area contributed by atoms with Gasteiger partial charge in [-0.05, 0) is 55.5 Å². The van der Waals surface area contributed by atoms with Crippen molar-refractivity contribution in [3.05, 3.63) is 49.1 Å². The monoisotopic (exact) mass is 404 g/mol. The van der Waals surface area contributed by atoms with Crippen molar-refractivity contribution in [2.24, 2.45) is 0 Å². The summed E-state index contributed by atoms with van der Waals surface area (Å²) in [7, 11) is 1.61. The van der Waals surface area contributed by atoms with Crippen molar-refractivity contribution >= 4 is 11.8 Å². The molecule has 0 atom stereocenters. The fourth-order valence-corrected chi connectivity index (χ4v) is 2.42. The van der Waals surface area contributed by atoms with Crippen molar-refractivity contribution in [2.45, 2.75) is 32.3 Å². The van der Waals surface area contributed by atoms with E-state index in [0.29, 0.717) is 44.4 Å². The lowest BCUT2D eigenvalue weighted by Crippen LogP contribution is -2.22. The first-order valence-corrected chi connectivity index (χ1v) is 9.78. The first kappa shape index (κ1) is 24.2. The summed E-state index contributed by atoms with van der Waals surface area (Å²) in [6, 6.07) is 5.73. The van der Waals surface area contributed by atoms with E-state index in [9.17, 15) is 9.59 Å². The third-order valence-electron chi connectivity index (χ3n) is 4.01. The van der Waals surface area contributed by atoms with E-state index in [1.807, 2.05) is 18.2 Å². The third-order valence-corrected chi connectivity index (χ3v) is 4.01. The van der Waals surface area contributed by atoms with Crippen LogP contribution in [0, 0.1) is 0 Å². The Hall–Kier alpha value is -2.80. The standard InChI is InChI=1S/C22H32N2O5/c1-4-21(25)23-12-6-8-14-28-17-18-10-11-19(20(16-18)27-3)29-15-9-7-13-24-22(26)5-2/h4-5,10-11,16H,1-2,6-9,12-15,17H2,3H3,(H,23,25)(H,24,26). The molecule has 7 nitrogen and oxygen atoms in total. The Labute approximate surface area is 173 Å². The summed E-state index contributed by atoms with van der Waals surface area (Å²) >= 11 is 0. The molecule has 1 rings (SSSR count). The number of hydrogen-bond acceptors (Lipinski definition) is 5. The van der Waals surface area contributed by atoms with Crippen LogP contribution in [-0.2, 0) is 20.9 Å². The Kier molecular flexibility index (Phi) is 12.7. The van der Waals surface area contributed by atoms with Crippen LogP contribution in [0.1, 0.15) is 31.2 Å². The van der Waals surface area contributed by atoms with Crippen LogP contribution in [0.3, 0.4) is 0 Å². The number of hydrogen-bond donors (Lipinski definition) is 2. The zero-order valence-electron chi connectivity index (χ0n) is 17.2. The van der Waals surface area contributed by atoms with Crippen LogP contribution in [0.5, 0.6) is 11.5 Å². The summed E-state index contributed by atoms with van der Waals surface area (Å²) < 4.78 is 16.9. The van der Waals surface area contributed by atoms with Gasteiger partial charge in [0.05, 0.1) is 20.3 Å². The van der Waals surface area contributed by atoms with Gasteiger partial charge >= 0.3 is 0 Å². The minimum Gasteiger partial charge on any atom is -0.493 e. The minimum atomic E-state index is -0.162. The molecule has 2 amide bonds. The molecule has 0 unspecified atom stereocenters. The van der Waals surface area contributed by atoms with E-state index in [1.54, 1.807) is 7.11 Å². The molecule has 0 saturated carbocycles. The summed E-state index contributed by atoms with van der Waals surface area (Å²) in [6.07, 6.45) is 5.89. The van der Waals surface area contributed by atoms with Gasteiger partial charge < -0.3 is 24.8 Å². The van der Waals surface area contributed by atoms with E-state index >= 15 is 0 Å². The molecule has 0 bridgehead atoms. The first-order chi connectivity index (χ1) is 14.1. The zero-order valence-corrected chi connectivity index (χ0v) is 17.2. The van der Waals surface area contributed by atoms with Crippen LogP contribution < -0.4 is 20.1 Å². The summed E-state index contributed by atoms with van der Waals surface area (Å²) in [4.78, 5) is 22.1. The maximum atomic E-state index is 11.1. The van der Waals surface area contributed by atoms with Crippen molar-refractivity contribution in [2.75, 3.05) is 33.4 Å². The van der Waals surface area contributed by atoms with Crippen molar-refractivity contribution in [1.29, 1.82) is 0 Å². The normalized spacial score (nSPS) is 10.1. The highest BCUT2D eigenvalue weighted by Crippen LogP contribution is 2.28. The second-order valence-electron chi connectivity index (χ2n) is 6.29. The van der Waals surface area contributed by atoms with Crippen molar-refractivity contribution in [1.82, 2.24) is 10.6 Å². The average molecular weight is 405 g/mol. The maximum absolute atomic E-state index is 11.1. The summed E-state index contributed by atoms with van der Waals surface area (Å²) in [6.45, 7) is 9.68. The molecule has 2 N–H and O–H groups in total. The van der Waals surface area contributed by atoms with Gasteiger partial charge in [0.1, 0.15) is 0 Å². The molecular formula is C22H32N2O5. The van der Waals surface area contributed by atoms with Crippen LogP contribution in [0.2, 0.25) is 0 Å². The predicted octanol–water partition coefficient (Wildman–Crippen LogP) is 2.76. The fraction of sp³-hybridized carbons (Fsp3) is 0.455. The molecule has 0 aliphatic carbocycles. The van der Waals surface area contributed by atoms with Gasteiger partial charge in [-0.3, -0.25) is 9.59 Å². The number of amides is 2. The van der Waals surface area contributed by atoms with E-state index in [-0.39, 0.29) is 11.8 Å². The first-order valence-electron chi connectivity index (χ1n) is 9.78. The van der Waals surface area contributed by atoms with E-state index in [4.69, 9.17) is 14.2 Å². The van der Waals surface area contributed by atoms with Gasteiger partial charge in [-0.25, -0.2) is 0 Å². The predicted molar refractivity (Wildman–Crippen MR) is 113 cm³/mol. The lowest BCUT2D eigenvalue weighted by molar-refractivity contribution is -0.117. The minimum absolute atomic E-state index is 0.153. The molecule has 1 aromatic rings. The molecule has 0 spiro atoms. The number of methoxy groups -OCH3 is 1. The molecule has 0 aromatic heterocycles. The topological polar surface area (TPSA) is 85.9 Å². The lowest BCUT2D eigenvalue weighted by atomic mass is 10.2. The molecule has 0 aliphatic rings. The van der Waals surface area contributed by atoms with Gasteiger partial charge in [-0.1, -0.05) is 19.2 Å². The van der Waals surface area contributed by atoms with Crippen LogP contribution in [-0.4, -0.2) is 45.2 Å².